The number of hydrogen-bond acceptors (Lipinski definition) is 5. The van der Waals surface area contributed by atoms with Crippen LogP contribution in [0.3, 0.4) is 0 Å². The molecule has 6 rings (SSSR count). The number of aromatic nitrogens is 3. The van der Waals surface area contributed by atoms with Crippen LogP contribution >= 0.6 is 0 Å². The highest BCUT2D eigenvalue weighted by atomic mass is 16.5. The van der Waals surface area contributed by atoms with Crippen LogP contribution in [0.25, 0.3) is 33.5 Å². The zero-order chi connectivity index (χ0) is 21.7. The van der Waals surface area contributed by atoms with E-state index in [1.54, 1.807) is 18.4 Å². The third-order valence-corrected chi connectivity index (χ3v) is 6.46. The number of nitrogens with zero attached hydrogens (tertiary/aromatic N) is 3. The van der Waals surface area contributed by atoms with Gasteiger partial charge < -0.3 is 18.8 Å². The Morgan fingerprint density at radius 3 is 2.81 bits per heavy atom. The molecule has 0 radical (unpaired) electrons. The third-order valence-electron chi connectivity index (χ3n) is 6.46. The van der Waals surface area contributed by atoms with Gasteiger partial charge in [-0.05, 0) is 55.5 Å². The maximum Gasteiger partial charge on any atom is 0.259 e. The van der Waals surface area contributed by atoms with E-state index in [-0.39, 0.29) is 5.91 Å². The van der Waals surface area contributed by atoms with Gasteiger partial charge in [0.05, 0.1) is 22.9 Å². The molecule has 7 nitrogen and oxygen atoms in total. The monoisotopic (exact) mass is 426 g/mol. The number of aromatic amines is 1. The quantitative estimate of drug-likeness (QED) is 0.423. The normalized spacial score (nSPS) is 15.1. The first kappa shape index (κ1) is 18.9. The maximum absolute atomic E-state index is 13.6. The molecule has 1 amide bonds. The van der Waals surface area contributed by atoms with Crippen molar-refractivity contribution in [2.75, 3.05) is 13.1 Å². The van der Waals surface area contributed by atoms with Gasteiger partial charge in [0.15, 0.2) is 5.76 Å². The molecule has 0 bridgehead atoms. The largest absolute Gasteiger partial charge is 0.463 e. The average Bonchev–Trinajstić information content (AvgIpc) is 3.58. The molecule has 0 atom stereocenters. The van der Waals surface area contributed by atoms with Crippen LogP contribution in [0.5, 0.6) is 0 Å². The first-order valence-electron chi connectivity index (χ1n) is 10.9. The number of likely N-dealkylation sites (tertiary alicyclic amines) is 1. The molecule has 160 valence electrons. The van der Waals surface area contributed by atoms with Gasteiger partial charge in [0.2, 0.25) is 0 Å². The zero-order valence-electron chi connectivity index (χ0n) is 17.7. The van der Waals surface area contributed by atoms with Crippen molar-refractivity contribution in [1.82, 2.24) is 20.0 Å². The molecular weight excluding hydrogens is 404 g/mol. The van der Waals surface area contributed by atoms with Crippen LogP contribution in [0.15, 0.2) is 63.9 Å². The topological polar surface area (TPSA) is 88.2 Å². The van der Waals surface area contributed by atoms with E-state index in [9.17, 15) is 4.79 Å². The predicted molar refractivity (Wildman–Crippen MR) is 120 cm³/mol. The molecule has 32 heavy (non-hydrogen) atoms. The Bertz CT molecular complexity index is 1420. The van der Waals surface area contributed by atoms with Gasteiger partial charge in [-0.25, -0.2) is 4.98 Å². The van der Waals surface area contributed by atoms with Crippen molar-refractivity contribution < 1.29 is 13.7 Å². The van der Waals surface area contributed by atoms with E-state index in [1.807, 2.05) is 24.0 Å². The molecular formula is C25H22N4O3. The maximum atomic E-state index is 13.6. The average molecular weight is 426 g/mol. The lowest BCUT2D eigenvalue weighted by atomic mass is 9.89. The molecule has 5 aromatic rings. The van der Waals surface area contributed by atoms with E-state index in [0.29, 0.717) is 52.8 Å². The van der Waals surface area contributed by atoms with Gasteiger partial charge in [-0.3, -0.25) is 4.79 Å². The second kappa shape index (κ2) is 7.37. The van der Waals surface area contributed by atoms with Crippen molar-refractivity contribution in [3.8, 4) is 11.5 Å². The lowest BCUT2D eigenvalue weighted by Crippen LogP contribution is -2.38. The SMILES string of the molecule is Cc1noc2nc(-c3ccco3)cc(C(=O)N3CCC(c4c[nH]c5ccccc45)CC3)c12. The van der Waals surface area contributed by atoms with E-state index >= 15 is 0 Å². The van der Waals surface area contributed by atoms with Crippen LogP contribution < -0.4 is 0 Å². The van der Waals surface area contributed by atoms with Gasteiger partial charge in [-0.15, -0.1) is 0 Å². The molecule has 5 heterocycles. The third kappa shape index (κ3) is 3.00. The second-order valence-corrected chi connectivity index (χ2v) is 8.34. The summed E-state index contributed by atoms with van der Waals surface area (Å²) in [5.41, 5.74) is 4.65. The van der Waals surface area contributed by atoms with Crippen LogP contribution in [0.2, 0.25) is 0 Å². The Kier molecular flexibility index (Phi) is 4.35. The number of pyridine rings is 1. The number of hydrogen-bond donors (Lipinski definition) is 1. The van der Waals surface area contributed by atoms with Gasteiger partial charge in [0.25, 0.3) is 11.6 Å². The van der Waals surface area contributed by atoms with Crippen LogP contribution in [0, 0.1) is 6.92 Å². The number of H-pyrrole nitrogens is 1. The number of rotatable bonds is 3. The Morgan fingerprint density at radius 2 is 2.00 bits per heavy atom. The molecule has 0 spiro atoms. The summed E-state index contributed by atoms with van der Waals surface area (Å²) in [6.07, 6.45) is 5.56. The molecule has 1 aromatic carbocycles. The summed E-state index contributed by atoms with van der Waals surface area (Å²) in [5.74, 6) is 1.01. The van der Waals surface area contributed by atoms with E-state index in [2.05, 4.69) is 39.5 Å². The summed E-state index contributed by atoms with van der Waals surface area (Å²) < 4.78 is 10.9. The first-order chi connectivity index (χ1) is 15.7. The molecule has 1 saturated heterocycles. The Balaban J connectivity index is 1.29. The summed E-state index contributed by atoms with van der Waals surface area (Å²) >= 11 is 0. The highest BCUT2D eigenvalue weighted by molar-refractivity contribution is 6.07. The summed E-state index contributed by atoms with van der Waals surface area (Å²) in [6.45, 7) is 3.24. The number of nitrogens with one attached hydrogen (secondary N) is 1. The highest BCUT2D eigenvalue weighted by Crippen LogP contribution is 2.34. The van der Waals surface area contributed by atoms with Crippen LogP contribution in [-0.2, 0) is 0 Å². The van der Waals surface area contributed by atoms with E-state index < -0.39 is 0 Å². The molecule has 4 aromatic heterocycles. The van der Waals surface area contributed by atoms with Crippen LogP contribution in [-0.4, -0.2) is 39.0 Å². The van der Waals surface area contributed by atoms with Gasteiger partial charge in [0, 0.05) is 30.2 Å². The van der Waals surface area contributed by atoms with Crippen molar-refractivity contribution in [1.29, 1.82) is 0 Å². The minimum atomic E-state index is -0.0196. The number of carbonyl (C=O) groups excluding carboxylic acids is 1. The summed E-state index contributed by atoms with van der Waals surface area (Å²) in [4.78, 5) is 23.4. The van der Waals surface area contributed by atoms with Crippen molar-refractivity contribution in [2.45, 2.75) is 25.7 Å². The Labute approximate surface area is 184 Å². The number of fused-ring (bicyclic) bond motifs is 2. The van der Waals surface area contributed by atoms with E-state index in [4.69, 9.17) is 8.94 Å². The van der Waals surface area contributed by atoms with E-state index in [0.717, 1.165) is 18.4 Å². The molecule has 0 unspecified atom stereocenters. The van der Waals surface area contributed by atoms with Gasteiger partial charge in [0.1, 0.15) is 5.69 Å². The van der Waals surface area contributed by atoms with Crippen LogP contribution in [0.4, 0.5) is 0 Å². The zero-order valence-corrected chi connectivity index (χ0v) is 17.7. The molecule has 0 aliphatic carbocycles. The molecule has 0 saturated carbocycles. The second-order valence-electron chi connectivity index (χ2n) is 8.34. The molecule has 7 heteroatoms. The standard InChI is InChI=1S/C25H22N4O3/c1-15-23-18(13-21(22-7-4-12-31-22)27-24(23)32-28-15)25(30)29-10-8-16(9-11-29)19-14-26-20-6-3-2-5-17(19)20/h2-7,12-14,16,26H,8-11H2,1H3. The number of furan rings is 1. The van der Waals surface area contributed by atoms with Gasteiger partial charge >= 0.3 is 0 Å². The molecule has 1 fully saturated rings. The van der Waals surface area contributed by atoms with Crippen LogP contribution in [0.1, 0.15) is 40.4 Å². The summed E-state index contributed by atoms with van der Waals surface area (Å²) in [7, 11) is 0. The smallest absolute Gasteiger partial charge is 0.259 e. The summed E-state index contributed by atoms with van der Waals surface area (Å²) in [5, 5.41) is 5.98. The number of amides is 1. The minimum Gasteiger partial charge on any atom is -0.463 e. The molecule has 1 N–H and O–H groups in total. The number of para-hydroxylation sites is 1. The molecule has 1 aliphatic rings. The number of benzene rings is 1. The fraction of sp³-hybridized carbons (Fsp3) is 0.240. The Hall–Kier alpha value is -3.87. The fourth-order valence-electron chi connectivity index (χ4n) is 4.81. The van der Waals surface area contributed by atoms with Crippen molar-refractivity contribution >= 4 is 27.9 Å². The lowest BCUT2D eigenvalue weighted by Gasteiger charge is -2.32. The first-order valence-corrected chi connectivity index (χ1v) is 10.9. The molecule has 1 aliphatic heterocycles. The van der Waals surface area contributed by atoms with E-state index in [1.165, 1.54) is 10.9 Å². The van der Waals surface area contributed by atoms with Crippen molar-refractivity contribution in [2.24, 2.45) is 0 Å². The minimum absolute atomic E-state index is 0.0196. The number of aryl methyl sites for hydroxylation is 1. The number of carbonyl (C=O) groups is 1. The van der Waals surface area contributed by atoms with Crippen molar-refractivity contribution in [3.05, 3.63) is 71.7 Å². The van der Waals surface area contributed by atoms with Crippen molar-refractivity contribution in [3.63, 3.8) is 0 Å². The fourth-order valence-corrected chi connectivity index (χ4v) is 4.81. The summed E-state index contributed by atoms with van der Waals surface area (Å²) in [6, 6.07) is 13.8. The Morgan fingerprint density at radius 1 is 1.16 bits per heavy atom. The predicted octanol–water partition coefficient (Wildman–Crippen LogP) is 5.29. The van der Waals surface area contributed by atoms with Gasteiger partial charge in [-0.2, -0.15) is 0 Å². The van der Waals surface area contributed by atoms with Gasteiger partial charge in [-0.1, -0.05) is 23.4 Å². The lowest BCUT2D eigenvalue weighted by molar-refractivity contribution is 0.0715. The number of piperidine rings is 1. The highest BCUT2D eigenvalue weighted by Gasteiger charge is 2.29.